The van der Waals surface area contributed by atoms with Crippen molar-refractivity contribution in [3.63, 3.8) is 0 Å². The highest BCUT2D eigenvalue weighted by Gasteiger charge is 2.23. The molecular weight excluding hydrogens is 336 g/mol. The van der Waals surface area contributed by atoms with E-state index in [0.29, 0.717) is 0 Å². The van der Waals surface area contributed by atoms with Crippen LogP contribution in [0, 0.1) is 20.8 Å². The third-order valence-corrected chi connectivity index (χ3v) is 5.53. The highest BCUT2D eigenvalue weighted by atomic mass is 15.4. The Labute approximate surface area is 157 Å². The quantitative estimate of drug-likeness (QED) is 0.528. The van der Waals surface area contributed by atoms with E-state index in [0.717, 1.165) is 53.3 Å². The molecule has 6 heteroatoms. The Morgan fingerprint density at radius 2 is 1.85 bits per heavy atom. The van der Waals surface area contributed by atoms with Crippen LogP contribution >= 0.6 is 0 Å². The van der Waals surface area contributed by atoms with Crippen LogP contribution in [0.2, 0.25) is 0 Å². The van der Waals surface area contributed by atoms with Gasteiger partial charge in [-0.25, -0.2) is 0 Å². The highest BCUT2D eigenvalue weighted by Crippen LogP contribution is 2.33. The fourth-order valence-corrected chi connectivity index (χ4v) is 4.20. The second-order valence-corrected chi connectivity index (χ2v) is 7.50. The van der Waals surface area contributed by atoms with Crippen molar-refractivity contribution < 1.29 is 0 Å². The summed E-state index contributed by atoms with van der Waals surface area (Å²) in [7, 11) is 0. The molecule has 1 aliphatic rings. The van der Waals surface area contributed by atoms with Crippen molar-refractivity contribution in [3.05, 3.63) is 58.4 Å². The summed E-state index contributed by atoms with van der Waals surface area (Å²) in [5, 5.41) is 15.7. The number of aryl methyl sites for hydroxylation is 3. The van der Waals surface area contributed by atoms with Gasteiger partial charge in [0.2, 0.25) is 0 Å². The number of benzene rings is 2. The van der Waals surface area contributed by atoms with Crippen LogP contribution in [0.4, 0.5) is 11.5 Å². The monoisotopic (exact) mass is 358 g/mol. The van der Waals surface area contributed by atoms with Gasteiger partial charge in [0.1, 0.15) is 0 Å². The lowest BCUT2D eigenvalue weighted by Gasteiger charge is -2.31. The number of nitrogens with two attached hydrogens (primary N) is 1. The van der Waals surface area contributed by atoms with Gasteiger partial charge in [0, 0.05) is 29.5 Å². The lowest BCUT2D eigenvalue weighted by Crippen LogP contribution is -2.32. The normalized spacial score (nSPS) is 14.1. The highest BCUT2D eigenvalue weighted by molar-refractivity contribution is 6.00. The zero-order valence-electron chi connectivity index (χ0n) is 15.8. The average molecular weight is 358 g/mol. The maximum Gasteiger partial charge on any atom is 0.185 e. The minimum Gasteiger partial charge on any atom is -0.399 e. The number of hydrogen-bond donors (Lipinski definition) is 1. The van der Waals surface area contributed by atoms with E-state index < -0.39 is 0 Å². The van der Waals surface area contributed by atoms with Crippen molar-refractivity contribution in [2.45, 2.75) is 33.7 Å². The largest absolute Gasteiger partial charge is 0.399 e. The summed E-state index contributed by atoms with van der Waals surface area (Å²) in [6.45, 7) is 7.93. The molecule has 27 heavy (non-hydrogen) atoms. The summed E-state index contributed by atoms with van der Waals surface area (Å²) in [5.74, 6) is 1.78. The first-order valence-corrected chi connectivity index (χ1v) is 9.26. The molecule has 2 aromatic carbocycles. The molecule has 0 saturated carbocycles. The Kier molecular flexibility index (Phi) is 3.37. The summed E-state index contributed by atoms with van der Waals surface area (Å²) < 4.78 is 1.85. The van der Waals surface area contributed by atoms with Gasteiger partial charge < -0.3 is 10.6 Å². The Balaban J connectivity index is 1.72. The summed E-state index contributed by atoms with van der Waals surface area (Å²) in [5.41, 5.74) is 12.9. The van der Waals surface area contributed by atoms with E-state index in [9.17, 15) is 0 Å². The first-order chi connectivity index (χ1) is 13.0. The average Bonchev–Trinajstić information content (AvgIpc) is 3.01. The van der Waals surface area contributed by atoms with Crippen LogP contribution in [0.25, 0.3) is 16.4 Å². The van der Waals surface area contributed by atoms with Gasteiger partial charge in [0.25, 0.3) is 0 Å². The van der Waals surface area contributed by atoms with Crippen molar-refractivity contribution in [2.75, 3.05) is 17.2 Å². The van der Waals surface area contributed by atoms with E-state index in [-0.39, 0.29) is 0 Å². The fraction of sp³-hybridized carbons (Fsp3) is 0.286. The number of anilines is 2. The predicted molar refractivity (Wildman–Crippen MR) is 108 cm³/mol. The van der Waals surface area contributed by atoms with Crippen LogP contribution in [0.1, 0.15) is 28.1 Å². The Morgan fingerprint density at radius 1 is 1.00 bits per heavy atom. The van der Waals surface area contributed by atoms with Crippen LogP contribution in [-0.4, -0.2) is 26.4 Å². The molecule has 0 atom stereocenters. The van der Waals surface area contributed by atoms with Crippen LogP contribution in [-0.2, 0) is 13.0 Å². The standard InChI is InChI=1S/C21H22N6/c1-12-4-5-18-19(8-12)21(25-27-14(3)23-24-20(18)27)26-7-6-17-13(2)9-16(22)10-15(17)11-26/h4-5,8-10H,6-7,11,22H2,1-3H3. The predicted octanol–water partition coefficient (Wildman–Crippen LogP) is 3.35. The smallest absolute Gasteiger partial charge is 0.185 e. The summed E-state index contributed by atoms with van der Waals surface area (Å²) in [4.78, 5) is 2.35. The van der Waals surface area contributed by atoms with Gasteiger partial charge in [-0.05, 0) is 62.1 Å². The third kappa shape index (κ3) is 2.44. The fourth-order valence-electron chi connectivity index (χ4n) is 4.20. The van der Waals surface area contributed by atoms with Gasteiger partial charge in [0.05, 0.1) is 0 Å². The number of nitrogen functional groups attached to an aromatic ring is 1. The minimum atomic E-state index is 0.797. The Hall–Kier alpha value is -3.15. The molecule has 4 aromatic rings. The van der Waals surface area contributed by atoms with Gasteiger partial charge >= 0.3 is 0 Å². The topological polar surface area (TPSA) is 72.3 Å². The summed E-state index contributed by atoms with van der Waals surface area (Å²) in [6.07, 6.45) is 0.996. The molecule has 3 heterocycles. The Morgan fingerprint density at radius 3 is 2.70 bits per heavy atom. The zero-order chi connectivity index (χ0) is 18.7. The maximum atomic E-state index is 6.10. The molecule has 0 unspecified atom stereocenters. The van der Waals surface area contributed by atoms with E-state index in [2.05, 4.69) is 59.3 Å². The van der Waals surface area contributed by atoms with Crippen molar-refractivity contribution in [3.8, 4) is 0 Å². The molecule has 0 saturated heterocycles. The molecule has 0 bridgehead atoms. The second kappa shape index (κ2) is 5.67. The molecule has 2 N–H and O–H groups in total. The van der Waals surface area contributed by atoms with Gasteiger partial charge in [0.15, 0.2) is 17.3 Å². The van der Waals surface area contributed by atoms with E-state index >= 15 is 0 Å². The SMILES string of the molecule is Cc1ccc2c(c1)c(N1CCc3c(C)cc(N)cc3C1)nn1c(C)nnc21. The van der Waals surface area contributed by atoms with Gasteiger partial charge in [-0.3, -0.25) is 0 Å². The molecule has 136 valence electrons. The van der Waals surface area contributed by atoms with Crippen molar-refractivity contribution >= 4 is 27.9 Å². The Bertz CT molecular complexity index is 1210. The lowest BCUT2D eigenvalue weighted by atomic mass is 9.94. The third-order valence-electron chi connectivity index (χ3n) is 5.53. The molecule has 5 rings (SSSR count). The van der Waals surface area contributed by atoms with Crippen LogP contribution in [0.5, 0.6) is 0 Å². The molecule has 0 spiro atoms. The van der Waals surface area contributed by atoms with Crippen molar-refractivity contribution in [1.29, 1.82) is 0 Å². The number of fused-ring (bicyclic) bond motifs is 4. The molecule has 1 aliphatic heterocycles. The van der Waals surface area contributed by atoms with Crippen LogP contribution in [0.3, 0.4) is 0 Å². The summed E-state index contributed by atoms with van der Waals surface area (Å²) in [6, 6.07) is 10.6. The first-order valence-electron chi connectivity index (χ1n) is 9.26. The second-order valence-electron chi connectivity index (χ2n) is 7.50. The molecule has 6 nitrogen and oxygen atoms in total. The molecule has 0 fully saturated rings. The molecule has 2 aromatic heterocycles. The zero-order valence-corrected chi connectivity index (χ0v) is 15.8. The van der Waals surface area contributed by atoms with Crippen molar-refractivity contribution in [1.82, 2.24) is 19.8 Å². The van der Waals surface area contributed by atoms with Gasteiger partial charge in [-0.1, -0.05) is 17.7 Å². The van der Waals surface area contributed by atoms with E-state index in [4.69, 9.17) is 10.8 Å². The van der Waals surface area contributed by atoms with Crippen LogP contribution in [0.15, 0.2) is 30.3 Å². The molecular formula is C21H22N6. The molecule has 0 amide bonds. The van der Waals surface area contributed by atoms with Gasteiger partial charge in [-0.2, -0.15) is 4.52 Å². The first kappa shape index (κ1) is 16.1. The number of aromatic nitrogens is 4. The van der Waals surface area contributed by atoms with E-state index in [1.165, 1.54) is 22.3 Å². The van der Waals surface area contributed by atoms with E-state index in [1.54, 1.807) is 0 Å². The lowest BCUT2D eigenvalue weighted by molar-refractivity contribution is 0.706. The van der Waals surface area contributed by atoms with Crippen LogP contribution < -0.4 is 10.6 Å². The minimum absolute atomic E-state index is 0.797. The number of hydrogen-bond acceptors (Lipinski definition) is 5. The summed E-state index contributed by atoms with van der Waals surface area (Å²) >= 11 is 0. The molecule has 0 aliphatic carbocycles. The van der Waals surface area contributed by atoms with Gasteiger partial charge in [-0.15, -0.1) is 15.3 Å². The maximum absolute atomic E-state index is 6.10. The number of rotatable bonds is 1. The number of nitrogens with zero attached hydrogens (tertiary/aromatic N) is 5. The van der Waals surface area contributed by atoms with E-state index in [1.807, 2.05) is 11.4 Å². The van der Waals surface area contributed by atoms with Crippen molar-refractivity contribution in [2.24, 2.45) is 0 Å². The molecule has 0 radical (unpaired) electrons.